The van der Waals surface area contributed by atoms with Gasteiger partial charge in [0.2, 0.25) is 24.3 Å². The lowest BCUT2D eigenvalue weighted by Gasteiger charge is -2.19. The first-order valence-electron chi connectivity index (χ1n) is 36.1. The molecule has 0 unspecified atom stereocenters. The summed E-state index contributed by atoms with van der Waals surface area (Å²) in [5.74, 6) is -0.151. The standard InChI is InChI=1S/C23H20N6O.C18H16N4O2.C10H13N3O2.C10H12N2O.C9H11NO2.C7H7NO.C5H13NO2.C4H6N4.2ClH/c24-19-5-1-2-6-21(19)28-22(30)17-9-7-16(8-10-17)14-27-23-26-13-11-20(29-23)18-4-3-12-25-15-18;1-24-17(23)14-6-4-13(5-7-14)11-21-18-20-10-8-16(22-18)15-3-2-9-19-12-15;1-15-9(14)8-4-2-7(3-5-8)6-13-10(11)12;1-12(2)7-5-10(13)9-4-3-6-11-8-9;1-12-9(11)8-4-2-7(6-10)3-5-8;1-6(9)7-3-2-4-8-5-7;1-6(2)5(7-3)8-4;5-4(6)8-3-1-2-7-8;;/h1-13,15H,14,24H2,(H,28,30)(H,26,27,29);2-10,12H,11H2,1H3,(H,20,21,22);2-5H,6H2,1H3,(H4,11,12,13);3-8H,1-2H3;2-5H,6,10H2,1H3;2-5H,1H3;5H,1-4H3;1-3H,(H3,5,6);2*1H/b;;;7-5+;;;;;;. The molecule has 634 valence electrons. The summed E-state index contributed by atoms with van der Waals surface area (Å²) in [5, 5.41) is 19.7. The molecule has 5 aromatic carbocycles. The van der Waals surface area contributed by atoms with E-state index in [1.807, 2.05) is 123 Å². The molecule has 0 aliphatic heterocycles. The summed E-state index contributed by atoms with van der Waals surface area (Å²) in [7, 11) is 14.8. The first kappa shape index (κ1) is 101. The average Bonchev–Trinajstić information content (AvgIpc) is 0.995. The Balaban J connectivity index is 0.000000374. The third-order valence-corrected chi connectivity index (χ3v) is 15.5. The van der Waals surface area contributed by atoms with Crippen molar-refractivity contribution in [1.29, 1.82) is 5.41 Å². The van der Waals surface area contributed by atoms with Crippen LogP contribution in [0.3, 0.4) is 0 Å². The van der Waals surface area contributed by atoms with Gasteiger partial charge in [-0.3, -0.25) is 44.6 Å². The van der Waals surface area contributed by atoms with Gasteiger partial charge < -0.3 is 73.2 Å². The van der Waals surface area contributed by atoms with Gasteiger partial charge in [0.15, 0.2) is 17.5 Å². The first-order chi connectivity index (χ1) is 57.4. The molecule has 12 aromatic rings. The Hall–Kier alpha value is -14.6. The lowest BCUT2D eigenvalue weighted by Crippen LogP contribution is -2.30. The van der Waals surface area contributed by atoms with Crippen molar-refractivity contribution in [2.24, 2.45) is 27.9 Å². The highest BCUT2D eigenvalue weighted by molar-refractivity contribution is 6.06. The number of rotatable bonds is 23. The number of aromatic nitrogens is 10. The second-order valence-electron chi connectivity index (χ2n) is 24.7. The molecule has 7 heterocycles. The number of amides is 1. The Morgan fingerprint density at radius 3 is 1.27 bits per heavy atom. The van der Waals surface area contributed by atoms with Crippen LogP contribution in [0.2, 0.25) is 0 Å². The molecule has 0 saturated carbocycles. The van der Waals surface area contributed by atoms with Crippen molar-refractivity contribution in [3.05, 3.63) is 330 Å². The summed E-state index contributed by atoms with van der Waals surface area (Å²) in [4.78, 5) is 109. The van der Waals surface area contributed by atoms with E-state index in [-0.39, 0.29) is 78.5 Å². The van der Waals surface area contributed by atoms with Crippen LogP contribution in [-0.2, 0) is 49.9 Å². The molecule has 0 aliphatic rings. The molecule has 0 bridgehead atoms. The molecule has 0 radical (unpaired) electrons. The number of ether oxygens (including phenoxy) is 5. The van der Waals surface area contributed by atoms with Crippen LogP contribution in [0.25, 0.3) is 22.5 Å². The number of aliphatic imine (C=N–C) groups is 1. The number of methoxy groups -OCH3 is 5. The number of ketones is 2. The van der Waals surface area contributed by atoms with E-state index >= 15 is 0 Å². The molecule has 1 amide bonds. The van der Waals surface area contributed by atoms with Crippen molar-refractivity contribution in [1.82, 2.24) is 59.5 Å². The van der Waals surface area contributed by atoms with Crippen molar-refractivity contribution >= 4 is 95.4 Å². The van der Waals surface area contributed by atoms with Gasteiger partial charge in [0, 0.05) is 162 Å². The zero-order chi connectivity index (χ0) is 86.7. The highest BCUT2D eigenvalue weighted by Crippen LogP contribution is 2.21. The number of allylic oxidation sites excluding steroid dienone is 1. The van der Waals surface area contributed by atoms with Gasteiger partial charge in [-0.15, -0.1) is 24.8 Å². The van der Waals surface area contributed by atoms with E-state index < -0.39 is 0 Å². The van der Waals surface area contributed by atoms with Crippen molar-refractivity contribution in [3.8, 4) is 22.5 Å². The maximum Gasteiger partial charge on any atom is 0.337 e. The van der Waals surface area contributed by atoms with E-state index in [1.165, 1.54) is 39.0 Å². The number of carbonyl (C=O) groups excluding carboxylic acids is 6. The number of nitrogens with two attached hydrogens (primary N) is 5. The number of guanidine groups is 1. The van der Waals surface area contributed by atoms with Crippen LogP contribution in [0.15, 0.2) is 280 Å². The molecule has 33 nitrogen and oxygen atoms in total. The quantitative estimate of drug-likeness (QED) is 0.00420. The molecule has 0 fully saturated rings. The fraction of sp³-hybridized carbons (Fsp3) is 0.174. The van der Waals surface area contributed by atoms with Crippen molar-refractivity contribution in [2.45, 2.75) is 39.5 Å². The van der Waals surface area contributed by atoms with Crippen LogP contribution in [-0.4, -0.2) is 177 Å². The Labute approximate surface area is 714 Å². The highest BCUT2D eigenvalue weighted by atomic mass is 35.5. The normalized spacial score (nSPS) is 9.83. The van der Waals surface area contributed by atoms with Gasteiger partial charge in [-0.05, 0) is 171 Å². The molecule has 14 N–H and O–H groups in total. The number of nitrogens with zero attached hydrogens (tertiary/aromatic N) is 13. The van der Waals surface area contributed by atoms with Crippen molar-refractivity contribution in [2.75, 3.05) is 85.4 Å². The van der Waals surface area contributed by atoms with E-state index in [0.29, 0.717) is 82.8 Å². The number of halogens is 2. The van der Waals surface area contributed by atoms with E-state index in [0.717, 1.165) is 44.8 Å². The number of benzene rings is 5. The second-order valence-corrected chi connectivity index (χ2v) is 24.7. The number of hydrogen-bond donors (Lipinski definition) is 9. The predicted octanol–water partition coefficient (Wildman–Crippen LogP) is 11.3. The predicted molar refractivity (Wildman–Crippen MR) is 472 cm³/mol. The van der Waals surface area contributed by atoms with Gasteiger partial charge >= 0.3 is 17.9 Å². The third-order valence-electron chi connectivity index (χ3n) is 15.5. The zero-order valence-corrected chi connectivity index (χ0v) is 70.0. The number of anilines is 4. The largest absolute Gasteiger partial charge is 0.465 e. The smallest absolute Gasteiger partial charge is 0.337 e. The molecule has 0 aliphatic carbocycles. The molecule has 121 heavy (non-hydrogen) atoms. The average molecular weight is 1690 g/mol. The minimum absolute atomic E-state index is 0. The van der Waals surface area contributed by atoms with Crippen LogP contribution in [0, 0.1) is 5.41 Å². The minimum Gasteiger partial charge on any atom is -0.465 e. The van der Waals surface area contributed by atoms with Crippen LogP contribution in [0.4, 0.5) is 23.3 Å². The Bertz CT molecular complexity index is 5090. The van der Waals surface area contributed by atoms with Crippen LogP contribution in [0.1, 0.15) is 91.3 Å². The minimum atomic E-state index is -0.358. The van der Waals surface area contributed by atoms with Crippen molar-refractivity contribution < 1.29 is 52.5 Å². The molecular formula is C86H100Cl2N22O11. The lowest BCUT2D eigenvalue weighted by atomic mass is 10.1. The number of para-hydroxylation sites is 2. The summed E-state index contributed by atoms with van der Waals surface area (Å²) >= 11 is 0. The second kappa shape index (κ2) is 56.6. The zero-order valence-electron chi connectivity index (χ0n) is 68.4. The van der Waals surface area contributed by atoms with Crippen LogP contribution < -0.4 is 44.6 Å². The van der Waals surface area contributed by atoms with E-state index in [2.05, 4.69) is 80.1 Å². The van der Waals surface area contributed by atoms with Gasteiger partial charge in [0.25, 0.3) is 5.91 Å². The first-order valence-corrected chi connectivity index (χ1v) is 36.1. The van der Waals surface area contributed by atoms with Gasteiger partial charge in [-0.1, -0.05) is 60.7 Å². The van der Waals surface area contributed by atoms with E-state index in [9.17, 15) is 28.8 Å². The maximum absolute atomic E-state index is 12.4. The monoisotopic (exact) mass is 1690 g/mol. The summed E-state index contributed by atoms with van der Waals surface area (Å²) < 4.78 is 24.8. The van der Waals surface area contributed by atoms with E-state index in [4.69, 9.17) is 43.6 Å². The number of pyridine rings is 4. The Morgan fingerprint density at radius 2 is 0.934 bits per heavy atom. The number of nitrogens with one attached hydrogen (secondary N) is 4. The number of nitrogen functional groups attached to an aromatic ring is 2. The fourth-order valence-electron chi connectivity index (χ4n) is 9.32. The summed E-state index contributed by atoms with van der Waals surface area (Å²) in [5.41, 5.74) is 38.6. The summed E-state index contributed by atoms with van der Waals surface area (Å²) in [6, 6.07) is 55.6. The molecule has 12 rings (SSSR count). The number of Topliss-reactive ketones (excluding diaryl/α,β-unsaturated/α-hetero) is 1. The molecule has 7 aromatic heterocycles. The number of carbonyl (C=O) groups is 6. The third kappa shape index (κ3) is 38.4. The SMILES string of the molecule is CC(=O)c1cccnc1.CN(C)/C=C/C(=O)c1cccnc1.COC(=O)c1ccc(CN)cc1.COC(=O)c1ccc(CN=C(N)N)cc1.COC(=O)c1ccc(CNc2nccc(-c3cccnc3)n2)cc1.COC(OC)N(C)C.Cl.Cl.N=C(N)n1cccn1.Nc1ccccc1NC(=O)c1ccc(CNc2nccc(-c3cccnc3)n2)cc1. The fourth-order valence-corrected chi connectivity index (χ4v) is 9.32. The van der Waals surface area contributed by atoms with Gasteiger partial charge in [-0.2, -0.15) is 5.10 Å². The molecule has 0 saturated heterocycles. The lowest BCUT2D eigenvalue weighted by molar-refractivity contribution is -0.179. The summed E-state index contributed by atoms with van der Waals surface area (Å²) in [6.45, 7) is 3.50. The van der Waals surface area contributed by atoms with Gasteiger partial charge in [-0.25, -0.2) is 44.0 Å². The van der Waals surface area contributed by atoms with Gasteiger partial charge in [0.05, 0.1) is 67.3 Å². The molecule has 35 heteroatoms. The topological polar surface area (TPSA) is 478 Å². The Kier molecular flexibility index (Phi) is 47.1. The molecule has 0 atom stereocenters. The number of hydrogen-bond acceptors (Lipinski definition) is 28. The molecule has 0 spiro atoms. The van der Waals surface area contributed by atoms with Gasteiger partial charge in [0.1, 0.15) is 0 Å². The summed E-state index contributed by atoms with van der Waals surface area (Å²) in [6.07, 6.45) is 23.0. The van der Waals surface area contributed by atoms with Crippen molar-refractivity contribution in [3.63, 3.8) is 0 Å². The highest BCUT2D eigenvalue weighted by Gasteiger charge is 2.12. The van der Waals surface area contributed by atoms with Crippen LogP contribution in [0.5, 0.6) is 0 Å². The number of esters is 3. The van der Waals surface area contributed by atoms with E-state index in [1.54, 1.807) is 198 Å². The van der Waals surface area contributed by atoms with Crippen LogP contribution >= 0.6 is 24.8 Å². The Morgan fingerprint density at radius 1 is 0.504 bits per heavy atom. The maximum atomic E-state index is 12.4. The molecular weight excluding hydrogens is 1590 g/mol.